The fourth-order valence-corrected chi connectivity index (χ4v) is 3.59. The van der Waals surface area contributed by atoms with Gasteiger partial charge in [-0.05, 0) is 62.9 Å². The van der Waals surface area contributed by atoms with Crippen LogP contribution in [-0.2, 0) is 16.0 Å². The number of unbranched alkanes of at least 4 members (excludes halogenated alkanes) is 1. The van der Waals surface area contributed by atoms with Gasteiger partial charge in [0.15, 0.2) is 0 Å². The number of carbonyl (C=O) groups excluding carboxylic acids is 3. The normalized spacial score (nSPS) is 19.0. The first-order chi connectivity index (χ1) is 12.7. The molecule has 1 saturated heterocycles. The molecule has 2 aliphatic heterocycles. The number of hydrogen-bond donors (Lipinski definition) is 1. The number of benzene rings is 1. The maximum absolute atomic E-state index is 12.8. The highest BCUT2D eigenvalue weighted by Crippen LogP contribution is 2.30. The molecule has 1 fully saturated rings. The fraction of sp³-hybridized carbons (Fsp3) is 0.476. The Morgan fingerprint density at radius 3 is 2.59 bits per heavy atom. The predicted octanol–water partition coefficient (Wildman–Crippen LogP) is 3.11. The second kappa shape index (κ2) is 7.18. The lowest BCUT2D eigenvalue weighted by Gasteiger charge is -2.36. The topological polar surface area (TPSA) is 69.7 Å². The standard InChI is InChI=1S/C21H27N3O3/c1-5-6-10-23-11-9-15-12-14(7-8-17(15)23)13-16-18(25)22-20(27)24(19(16)26)21(2,3)4/h7-8,12-13H,5-6,9-11H2,1-4H3,(H,22,25,27). The molecule has 0 spiro atoms. The Morgan fingerprint density at radius 2 is 1.93 bits per heavy atom. The summed E-state index contributed by atoms with van der Waals surface area (Å²) in [7, 11) is 0. The molecule has 144 valence electrons. The summed E-state index contributed by atoms with van der Waals surface area (Å²) >= 11 is 0. The number of urea groups is 1. The zero-order valence-corrected chi connectivity index (χ0v) is 16.5. The highest BCUT2D eigenvalue weighted by atomic mass is 16.2. The Morgan fingerprint density at radius 1 is 1.19 bits per heavy atom. The van der Waals surface area contributed by atoms with Crippen LogP contribution in [0.15, 0.2) is 23.8 Å². The van der Waals surface area contributed by atoms with Gasteiger partial charge in [0, 0.05) is 24.3 Å². The molecule has 0 bridgehead atoms. The molecule has 27 heavy (non-hydrogen) atoms. The van der Waals surface area contributed by atoms with Gasteiger partial charge >= 0.3 is 6.03 Å². The number of rotatable bonds is 4. The fourth-order valence-electron chi connectivity index (χ4n) is 3.59. The van der Waals surface area contributed by atoms with Crippen LogP contribution in [0.1, 0.15) is 51.7 Å². The van der Waals surface area contributed by atoms with Crippen LogP contribution < -0.4 is 10.2 Å². The summed E-state index contributed by atoms with van der Waals surface area (Å²) in [6.07, 6.45) is 4.87. The molecule has 0 radical (unpaired) electrons. The number of hydrogen-bond acceptors (Lipinski definition) is 4. The molecular formula is C21H27N3O3. The van der Waals surface area contributed by atoms with Crippen molar-refractivity contribution in [3.63, 3.8) is 0 Å². The van der Waals surface area contributed by atoms with Crippen LogP contribution in [0.2, 0.25) is 0 Å². The third-order valence-corrected chi connectivity index (χ3v) is 4.96. The summed E-state index contributed by atoms with van der Waals surface area (Å²) in [5.41, 5.74) is 2.54. The molecule has 1 aromatic carbocycles. The molecule has 0 unspecified atom stereocenters. The van der Waals surface area contributed by atoms with Gasteiger partial charge in [-0.1, -0.05) is 19.4 Å². The molecular weight excluding hydrogens is 342 g/mol. The van der Waals surface area contributed by atoms with Crippen molar-refractivity contribution in [1.29, 1.82) is 0 Å². The van der Waals surface area contributed by atoms with Crippen LogP contribution in [0.4, 0.5) is 10.5 Å². The average Bonchev–Trinajstić information content (AvgIpc) is 2.97. The minimum Gasteiger partial charge on any atom is -0.371 e. The second-order valence-corrected chi connectivity index (χ2v) is 8.11. The van der Waals surface area contributed by atoms with Crippen molar-refractivity contribution in [3.8, 4) is 0 Å². The van der Waals surface area contributed by atoms with E-state index in [0.29, 0.717) is 0 Å². The lowest BCUT2D eigenvalue weighted by molar-refractivity contribution is -0.133. The van der Waals surface area contributed by atoms with E-state index in [9.17, 15) is 14.4 Å². The van der Waals surface area contributed by atoms with Gasteiger partial charge in [-0.15, -0.1) is 0 Å². The lowest BCUT2D eigenvalue weighted by Crippen LogP contribution is -2.60. The van der Waals surface area contributed by atoms with Crippen molar-refractivity contribution in [1.82, 2.24) is 10.2 Å². The smallest absolute Gasteiger partial charge is 0.331 e. The molecule has 1 N–H and O–H groups in total. The van der Waals surface area contributed by atoms with Crippen molar-refractivity contribution >= 4 is 29.6 Å². The van der Waals surface area contributed by atoms with Crippen LogP contribution in [0, 0.1) is 0 Å². The molecule has 3 rings (SSSR count). The van der Waals surface area contributed by atoms with E-state index in [4.69, 9.17) is 0 Å². The molecule has 0 aliphatic carbocycles. The van der Waals surface area contributed by atoms with Gasteiger partial charge in [0.1, 0.15) is 5.57 Å². The van der Waals surface area contributed by atoms with E-state index in [0.717, 1.165) is 42.8 Å². The quantitative estimate of drug-likeness (QED) is 0.654. The van der Waals surface area contributed by atoms with Crippen molar-refractivity contribution in [2.24, 2.45) is 0 Å². The van der Waals surface area contributed by atoms with Crippen LogP contribution in [-0.4, -0.2) is 41.4 Å². The minimum atomic E-state index is -0.710. The van der Waals surface area contributed by atoms with Crippen LogP contribution in [0.5, 0.6) is 0 Å². The number of nitrogens with one attached hydrogen (secondary N) is 1. The van der Waals surface area contributed by atoms with E-state index in [2.05, 4.69) is 23.2 Å². The van der Waals surface area contributed by atoms with E-state index >= 15 is 0 Å². The molecule has 6 nitrogen and oxygen atoms in total. The van der Waals surface area contributed by atoms with Crippen molar-refractivity contribution in [2.45, 2.75) is 52.5 Å². The largest absolute Gasteiger partial charge is 0.371 e. The van der Waals surface area contributed by atoms with Crippen molar-refractivity contribution in [3.05, 3.63) is 34.9 Å². The van der Waals surface area contributed by atoms with Gasteiger partial charge in [0.2, 0.25) is 0 Å². The number of fused-ring (bicyclic) bond motifs is 1. The van der Waals surface area contributed by atoms with Gasteiger partial charge in [-0.3, -0.25) is 19.8 Å². The SMILES string of the molecule is CCCCN1CCc2cc(C=C3C(=O)NC(=O)N(C(C)(C)C)C3=O)ccc21. The van der Waals surface area contributed by atoms with Crippen molar-refractivity contribution in [2.75, 3.05) is 18.0 Å². The number of imide groups is 2. The number of nitrogens with zero attached hydrogens (tertiary/aromatic N) is 2. The van der Waals surface area contributed by atoms with Crippen LogP contribution >= 0.6 is 0 Å². The number of amides is 4. The summed E-state index contributed by atoms with van der Waals surface area (Å²) in [5.74, 6) is -1.20. The number of carbonyl (C=O) groups is 3. The first kappa shape index (κ1) is 19.1. The van der Waals surface area contributed by atoms with Gasteiger partial charge in [0.05, 0.1) is 0 Å². The highest BCUT2D eigenvalue weighted by Gasteiger charge is 2.41. The first-order valence-corrected chi connectivity index (χ1v) is 9.52. The molecule has 0 aromatic heterocycles. The monoisotopic (exact) mass is 369 g/mol. The van der Waals surface area contributed by atoms with E-state index < -0.39 is 23.4 Å². The zero-order valence-electron chi connectivity index (χ0n) is 16.5. The molecule has 2 aliphatic rings. The Bertz CT molecular complexity index is 820. The van der Waals surface area contributed by atoms with Gasteiger partial charge in [-0.25, -0.2) is 4.79 Å². The number of barbiturate groups is 1. The van der Waals surface area contributed by atoms with E-state index in [1.807, 2.05) is 12.1 Å². The summed E-state index contributed by atoms with van der Waals surface area (Å²) in [4.78, 5) is 40.6. The van der Waals surface area contributed by atoms with Gasteiger partial charge < -0.3 is 4.90 Å². The average molecular weight is 369 g/mol. The lowest BCUT2D eigenvalue weighted by atomic mass is 10.00. The highest BCUT2D eigenvalue weighted by molar-refractivity contribution is 6.31. The van der Waals surface area contributed by atoms with E-state index in [1.54, 1.807) is 26.8 Å². The second-order valence-electron chi connectivity index (χ2n) is 8.11. The summed E-state index contributed by atoms with van der Waals surface area (Å²) < 4.78 is 0. The van der Waals surface area contributed by atoms with Gasteiger partial charge in [-0.2, -0.15) is 0 Å². The van der Waals surface area contributed by atoms with E-state index in [-0.39, 0.29) is 5.57 Å². The van der Waals surface area contributed by atoms with E-state index in [1.165, 1.54) is 11.3 Å². The minimum absolute atomic E-state index is 0.00897. The Balaban J connectivity index is 1.89. The van der Waals surface area contributed by atoms with Gasteiger partial charge in [0.25, 0.3) is 11.8 Å². The van der Waals surface area contributed by atoms with Crippen LogP contribution in [0.25, 0.3) is 6.08 Å². The zero-order chi connectivity index (χ0) is 19.8. The molecule has 2 heterocycles. The first-order valence-electron chi connectivity index (χ1n) is 9.52. The number of anilines is 1. The Hall–Kier alpha value is -2.63. The molecule has 4 amide bonds. The molecule has 0 saturated carbocycles. The summed E-state index contributed by atoms with van der Waals surface area (Å²) in [5, 5.41) is 2.27. The maximum atomic E-state index is 12.8. The van der Waals surface area contributed by atoms with Crippen LogP contribution in [0.3, 0.4) is 0 Å². The maximum Gasteiger partial charge on any atom is 0.331 e. The molecule has 1 aromatic rings. The third-order valence-electron chi connectivity index (χ3n) is 4.96. The Kier molecular flexibility index (Phi) is 5.09. The molecule has 6 heteroatoms. The summed E-state index contributed by atoms with van der Waals surface area (Å²) in [6.45, 7) is 9.52. The molecule has 0 atom stereocenters. The summed E-state index contributed by atoms with van der Waals surface area (Å²) in [6, 6.07) is 5.35. The Labute approximate surface area is 160 Å². The van der Waals surface area contributed by atoms with Crippen molar-refractivity contribution < 1.29 is 14.4 Å². The third kappa shape index (κ3) is 3.75. The predicted molar refractivity (Wildman–Crippen MR) is 105 cm³/mol.